The van der Waals surface area contributed by atoms with Crippen molar-refractivity contribution >= 4 is 6.29 Å². The molecule has 3 nitrogen and oxygen atoms in total. The summed E-state index contributed by atoms with van der Waals surface area (Å²) in [5, 5.41) is 20.0. The fourth-order valence-electron chi connectivity index (χ4n) is 5.49. The Balaban J connectivity index is 2.81. The molecule has 0 amide bonds. The number of carbonyl (C=O) groups is 1. The third-order valence-corrected chi connectivity index (χ3v) is 7.80. The van der Waals surface area contributed by atoms with Crippen molar-refractivity contribution in [3.05, 3.63) is 46.1 Å². The molecule has 0 saturated heterocycles. The Morgan fingerprint density at radius 3 is 2.42 bits per heavy atom. The van der Waals surface area contributed by atoms with Crippen molar-refractivity contribution < 1.29 is 15.0 Å². The van der Waals surface area contributed by atoms with Gasteiger partial charge in [0.15, 0.2) is 0 Å². The molecule has 4 atom stereocenters. The summed E-state index contributed by atoms with van der Waals surface area (Å²) in [4.78, 5) is 11.5. The first-order valence-corrected chi connectivity index (χ1v) is 12.9. The summed E-state index contributed by atoms with van der Waals surface area (Å²) in [6.45, 7) is 15.3. The second-order valence-corrected chi connectivity index (χ2v) is 10.9. The van der Waals surface area contributed by atoms with Crippen LogP contribution < -0.4 is 0 Å². The molecule has 1 saturated carbocycles. The van der Waals surface area contributed by atoms with Gasteiger partial charge < -0.3 is 10.2 Å². The first-order valence-electron chi connectivity index (χ1n) is 12.9. The number of hydrogen-bond donors (Lipinski definition) is 2. The van der Waals surface area contributed by atoms with E-state index < -0.39 is 6.10 Å². The Morgan fingerprint density at radius 1 is 1.12 bits per heavy atom. The molecule has 1 aliphatic rings. The van der Waals surface area contributed by atoms with Gasteiger partial charge in [0.1, 0.15) is 6.29 Å². The van der Waals surface area contributed by atoms with Gasteiger partial charge >= 0.3 is 0 Å². The molecule has 1 rings (SSSR count). The minimum atomic E-state index is -0.431. The number of aliphatic hydroxyl groups is 2. The van der Waals surface area contributed by atoms with Crippen LogP contribution in [0, 0.1) is 17.3 Å². The molecule has 0 spiro atoms. The zero-order valence-electron chi connectivity index (χ0n) is 22.4. The Labute approximate surface area is 203 Å². The van der Waals surface area contributed by atoms with Crippen molar-refractivity contribution in [3.8, 4) is 0 Å². The number of aldehydes is 1. The van der Waals surface area contributed by atoms with Crippen LogP contribution in [-0.2, 0) is 4.79 Å². The lowest BCUT2D eigenvalue weighted by molar-refractivity contribution is -0.105. The summed E-state index contributed by atoms with van der Waals surface area (Å²) in [5.41, 5.74) is 6.12. The lowest BCUT2D eigenvalue weighted by atomic mass is 9.56. The molecule has 3 heteroatoms. The minimum Gasteiger partial charge on any atom is -0.396 e. The standard InChI is InChI=1S/C30H50O3/c1-22(2)11-8-12-23(3)19-27(33)20-24(4)13-9-17-30(7)26(6)15-16-28(25(5)21-32)29(30)14-10-18-31/h11,13,19,21,26-27,29,31,33H,8-10,12,14-18,20H2,1-7H3/b23-19+,24-13+,28-25-/t26-,27+,29-,30-/m1/s1. The molecule has 0 heterocycles. The third kappa shape index (κ3) is 9.74. The fraction of sp³-hybridized carbons (Fsp3) is 0.700. The molecule has 188 valence electrons. The zero-order chi connectivity index (χ0) is 25.0. The van der Waals surface area contributed by atoms with E-state index in [1.54, 1.807) is 0 Å². The number of allylic oxidation sites excluding steroid dienone is 6. The van der Waals surface area contributed by atoms with Crippen LogP contribution in [0.5, 0.6) is 0 Å². The predicted octanol–water partition coefficient (Wildman–Crippen LogP) is 7.50. The second kappa shape index (κ2) is 14.7. The van der Waals surface area contributed by atoms with E-state index in [2.05, 4.69) is 53.7 Å². The van der Waals surface area contributed by atoms with Crippen molar-refractivity contribution in [1.29, 1.82) is 0 Å². The van der Waals surface area contributed by atoms with E-state index in [4.69, 9.17) is 0 Å². The van der Waals surface area contributed by atoms with E-state index in [1.807, 2.05) is 13.0 Å². The minimum absolute atomic E-state index is 0.115. The van der Waals surface area contributed by atoms with E-state index in [9.17, 15) is 15.0 Å². The lowest BCUT2D eigenvalue weighted by Crippen LogP contribution is -2.39. The van der Waals surface area contributed by atoms with Gasteiger partial charge in [-0.05, 0) is 115 Å². The summed E-state index contributed by atoms with van der Waals surface area (Å²) in [6, 6.07) is 0. The van der Waals surface area contributed by atoms with Gasteiger partial charge in [-0.2, -0.15) is 0 Å². The molecule has 0 aromatic carbocycles. The summed E-state index contributed by atoms with van der Waals surface area (Å²) in [6.07, 6.45) is 15.7. The zero-order valence-corrected chi connectivity index (χ0v) is 22.4. The van der Waals surface area contributed by atoms with Crippen molar-refractivity contribution in [3.63, 3.8) is 0 Å². The van der Waals surface area contributed by atoms with Crippen molar-refractivity contribution in [2.75, 3.05) is 6.61 Å². The number of aliphatic hydroxyl groups excluding tert-OH is 2. The molecule has 0 aromatic rings. The first-order chi connectivity index (χ1) is 15.5. The normalized spacial score (nSPS) is 26.7. The van der Waals surface area contributed by atoms with Crippen LogP contribution in [0.2, 0.25) is 0 Å². The summed E-state index contributed by atoms with van der Waals surface area (Å²) in [5.74, 6) is 0.930. The van der Waals surface area contributed by atoms with Gasteiger partial charge in [-0.1, -0.05) is 54.4 Å². The van der Waals surface area contributed by atoms with E-state index in [1.165, 1.54) is 22.3 Å². The van der Waals surface area contributed by atoms with Gasteiger partial charge in [-0.15, -0.1) is 0 Å². The van der Waals surface area contributed by atoms with Crippen LogP contribution in [0.25, 0.3) is 0 Å². The number of rotatable bonds is 13. The third-order valence-electron chi connectivity index (χ3n) is 7.80. The maximum atomic E-state index is 11.5. The largest absolute Gasteiger partial charge is 0.396 e. The van der Waals surface area contributed by atoms with Crippen LogP contribution >= 0.6 is 0 Å². The van der Waals surface area contributed by atoms with E-state index in [0.29, 0.717) is 18.3 Å². The van der Waals surface area contributed by atoms with Crippen LogP contribution in [-0.4, -0.2) is 29.2 Å². The van der Waals surface area contributed by atoms with Gasteiger partial charge in [-0.3, -0.25) is 4.79 Å². The molecular weight excluding hydrogens is 408 g/mol. The fourth-order valence-corrected chi connectivity index (χ4v) is 5.49. The Bertz CT molecular complexity index is 736. The monoisotopic (exact) mass is 458 g/mol. The molecule has 1 fully saturated rings. The number of carbonyl (C=O) groups excluding carboxylic acids is 1. The topological polar surface area (TPSA) is 57.5 Å². The molecule has 0 bridgehead atoms. The highest BCUT2D eigenvalue weighted by molar-refractivity contribution is 5.73. The Kier molecular flexibility index (Phi) is 13.2. The maximum Gasteiger partial charge on any atom is 0.145 e. The van der Waals surface area contributed by atoms with Crippen LogP contribution in [0.4, 0.5) is 0 Å². The molecular formula is C30H50O3. The number of hydrogen-bond acceptors (Lipinski definition) is 3. The highest BCUT2D eigenvalue weighted by atomic mass is 16.3. The van der Waals surface area contributed by atoms with Crippen LogP contribution in [0.15, 0.2) is 46.1 Å². The Hall–Kier alpha value is -1.45. The van der Waals surface area contributed by atoms with Crippen molar-refractivity contribution in [2.24, 2.45) is 17.3 Å². The molecule has 0 aromatic heterocycles. The first kappa shape index (κ1) is 29.6. The van der Waals surface area contributed by atoms with Crippen LogP contribution in [0.1, 0.15) is 106 Å². The highest BCUT2D eigenvalue weighted by Crippen LogP contribution is 2.53. The van der Waals surface area contributed by atoms with E-state index in [-0.39, 0.29) is 12.0 Å². The summed E-state index contributed by atoms with van der Waals surface area (Å²) >= 11 is 0. The van der Waals surface area contributed by atoms with Crippen molar-refractivity contribution in [2.45, 2.75) is 112 Å². The van der Waals surface area contributed by atoms with Gasteiger partial charge in [0.05, 0.1) is 6.10 Å². The average Bonchev–Trinajstić information content (AvgIpc) is 2.73. The molecule has 0 unspecified atom stereocenters. The quantitative estimate of drug-likeness (QED) is 0.171. The lowest BCUT2D eigenvalue weighted by Gasteiger charge is -2.48. The second-order valence-electron chi connectivity index (χ2n) is 10.9. The molecule has 1 aliphatic carbocycles. The smallest absolute Gasteiger partial charge is 0.145 e. The maximum absolute atomic E-state index is 11.5. The van der Waals surface area contributed by atoms with Crippen molar-refractivity contribution in [1.82, 2.24) is 0 Å². The average molecular weight is 459 g/mol. The SMILES string of the molecule is CC(C)=CCC/C(C)=C/[C@H](O)C/C(C)=C/CC[C@]1(C)[C@H](C)CC/C(=C(\C)C=O)[C@H]1CCCO. The summed E-state index contributed by atoms with van der Waals surface area (Å²) < 4.78 is 0. The highest BCUT2D eigenvalue weighted by Gasteiger charge is 2.43. The van der Waals surface area contributed by atoms with E-state index in [0.717, 1.165) is 63.2 Å². The van der Waals surface area contributed by atoms with Crippen LogP contribution in [0.3, 0.4) is 0 Å². The van der Waals surface area contributed by atoms with Gasteiger partial charge in [0.25, 0.3) is 0 Å². The molecule has 2 N–H and O–H groups in total. The predicted molar refractivity (Wildman–Crippen MR) is 141 cm³/mol. The van der Waals surface area contributed by atoms with E-state index >= 15 is 0 Å². The molecule has 0 radical (unpaired) electrons. The Morgan fingerprint density at radius 2 is 1.82 bits per heavy atom. The van der Waals surface area contributed by atoms with Gasteiger partial charge in [0.2, 0.25) is 0 Å². The van der Waals surface area contributed by atoms with Gasteiger partial charge in [0, 0.05) is 6.61 Å². The summed E-state index contributed by atoms with van der Waals surface area (Å²) in [7, 11) is 0. The molecule has 33 heavy (non-hydrogen) atoms. The molecule has 0 aliphatic heterocycles. The van der Waals surface area contributed by atoms with Gasteiger partial charge in [-0.25, -0.2) is 0 Å².